The standard InChI is InChI=1S/C46H53FN2O7/c1-31(2)41(45(53)54)27-39(50)28-56-46(29-55-30-46)25-24-33-10-14-35(15-11-33)43-40(22-23-42(51)34-16-18-36(47)19-17-34)44(52)49(43)38-20-12-32(13-21-38)7-3-4-8-37-9-5-6-26-48-37/h5-6,9-21,26,31,40-43,51H,3-4,7-8,22-25,27-30H2,1-2H3,(H,53,54)/t40-,41-,42+,43-/m1/s1. The molecule has 0 bridgehead atoms. The van der Waals surface area contributed by atoms with Gasteiger partial charge in [0, 0.05) is 24.0 Å². The van der Waals surface area contributed by atoms with E-state index in [0.29, 0.717) is 44.5 Å². The summed E-state index contributed by atoms with van der Waals surface area (Å²) in [4.78, 5) is 44.3. The lowest BCUT2D eigenvalue weighted by molar-refractivity contribution is -0.212. The number of nitrogens with zero attached hydrogens (tertiary/aromatic N) is 2. The van der Waals surface area contributed by atoms with E-state index in [1.165, 1.54) is 17.7 Å². The number of aryl methyl sites for hydroxylation is 3. The van der Waals surface area contributed by atoms with Crippen LogP contribution in [0, 0.1) is 23.6 Å². The molecule has 4 atom stereocenters. The molecule has 6 rings (SSSR count). The number of carbonyl (C=O) groups is 3. The van der Waals surface area contributed by atoms with E-state index in [1.807, 2.05) is 35.4 Å². The van der Waals surface area contributed by atoms with Gasteiger partial charge in [-0.2, -0.15) is 0 Å². The fraction of sp³-hybridized carbons (Fsp3) is 0.435. The number of hydrogen-bond donors (Lipinski definition) is 2. The van der Waals surface area contributed by atoms with E-state index >= 15 is 0 Å². The van der Waals surface area contributed by atoms with Crippen LogP contribution in [-0.4, -0.2) is 58.3 Å². The van der Waals surface area contributed by atoms with E-state index in [4.69, 9.17) is 9.47 Å². The number of ether oxygens (including phenoxy) is 2. The number of hydrogen-bond acceptors (Lipinski definition) is 7. The summed E-state index contributed by atoms with van der Waals surface area (Å²) in [7, 11) is 0. The number of carbonyl (C=O) groups excluding carboxylic acids is 2. The monoisotopic (exact) mass is 764 g/mol. The van der Waals surface area contributed by atoms with Crippen molar-refractivity contribution < 1.29 is 38.5 Å². The highest BCUT2D eigenvalue weighted by molar-refractivity contribution is 6.03. The molecule has 0 aliphatic carbocycles. The molecule has 2 aliphatic heterocycles. The Balaban J connectivity index is 1.09. The molecule has 4 aromatic rings. The van der Waals surface area contributed by atoms with Gasteiger partial charge in [0.15, 0.2) is 5.78 Å². The van der Waals surface area contributed by atoms with Crippen molar-refractivity contribution in [3.63, 3.8) is 0 Å². The Labute approximate surface area is 328 Å². The van der Waals surface area contributed by atoms with Gasteiger partial charge in [0.1, 0.15) is 18.0 Å². The molecule has 2 saturated heterocycles. The SMILES string of the molecule is CC(C)[C@@H](CC(=O)COC1(CCc2ccc([C@@H]3[C@@H](CC[C@H](O)c4ccc(F)cc4)C(=O)N3c3ccc(CCCCc4ccccn4)cc3)cc2)COC1)C(=O)O. The first-order valence-corrected chi connectivity index (χ1v) is 19.8. The summed E-state index contributed by atoms with van der Waals surface area (Å²) in [6, 6.07) is 28.1. The van der Waals surface area contributed by atoms with Crippen LogP contribution in [0.4, 0.5) is 10.1 Å². The summed E-state index contributed by atoms with van der Waals surface area (Å²) in [6.45, 7) is 4.20. The van der Waals surface area contributed by atoms with Crippen LogP contribution < -0.4 is 4.90 Å². The van der Waals surface area contributed by atoms with Crippen LogP contribution in [0.5, 0.6) is 0 Å². The number of aliphatic carboxylic acids is 1. The zero-order valence-electron chi connectivity index (χ0n) is 32.3. The van der Waals surface area contributed by atoms with Gasteiger partial charge in [-0.1, -0.05) is 68.4 Å². The second kappa shape index (κ2) is 18.9. The summed E-state index contributed by atoms with van der Waals surface area (Å²) in [5, 5.41) is 20.4. The predicted molar refractivity (Wildman–Crippen MR) is 211 cm³/mol. The second-order valence-corrected chi connectivity index (χ2v) is 15.7. The third kappa shape index (κ3) is 10.3. The topological polar surface area (TPSA) is 126 Å². The number of ketones is 1. The summed E-state index contributed by atoms with van der Waals surface area (Å²) in [5.41, 5.74) is 5.24. The largest absolute Gasteiger partial charge is 0.481 e. The van der Waals surface area contributed by atoms with Gasteiger partial charge < -0.3 is 24.6 Å². The van der Waals surface area contributed by atoms with Crippen molar-refractivity contribution in [1.82, 2.24) is 4.98 Å². The van der Waals surface area contributed by atoms with Gasteiger partial charge >= 0.3 is 5.97 Å². The molecule has 0 spiro atoms. The van der Waals surface area contributed by atoms with Crippen molar-refractivity contribution in [1.29, 1.82) is 0 Å². The Kier molecular flexibility index (Phi) is 13.8. The number of pyridine rings is 1. The lowest BCUT2D eigenvalue weighted by Crippen LogP contribution is -2.55. The molecule has 9 nitrogen and oxygen atoms in total. The molecule has 56 heavy (non-hydrogen) atoms. The number of carboxylic acid groups (broad SMARTS) is 1. The van der Waals surface area contributed by atoms with E-state index in [1.54, 1.807) is 26.0 Å². The maximum absolute atomic E-state index is 13.8. The zero-order valence-corrected chi connectivity index (χ0v) is 32.3. The number of benzene rings is 3. The number of aliphatic hydroxyl groups is 1. The van der Waals surface area contributed by atoms with E-state index < -0.39 is 23.6 Å². The van der Waals surface area contributed by atoms with Crippen molar-refractivity contribution in [2.45, 2.75) is 89.4 Å². The highest BCUT2D eigenvalue weighted by atomic mass is 19.1. The van der Waals surface area contributed by atoms with Gasteiger partial charge in [-0.05, 0) is 116 Å². The summed E-state index contributed by atoms with van der Waals surface area (Å²) >= 11 is 0. The molecule has 10 heteroatoms. The number of unbranched alkanes of at least 4 members (excludes halogenated alkanes) is 1. The first-order valence-electron chi connectivity index (χ1n) is 19.8. The zero-order chi connectivity index (χ0) is 39.7. The highest BCUT2D eigenvalue weighted by Gasteiger charge is 2.48. The first kappa shape index (κ1) is 40.9. The number of aromatic nitrogens is 1. The number of Topliss-reactive ketones (excluding diaryl/α,β-unsaturated/α-hetero) is 1. The number of halogens is 1. The smallest absolute Gasteiger partial charge is 0.307 e. The van der Waals surface area contributed by atoms with E-state index in [-0.39, 0.29) is 48.4 Å². The Morgan fingerprint density at radius 1 is 0.929 bits per heavy atom. The average molecular weight is 765 g/mol. The number of aliphatic hydroxyl groups excluding tert-OH is 1. The van der Waals surface area contributed by atoms with Gasteiger partial charge in [-0.15, -0.1) is 0 Å². The van der Waals surface area contributed by atoms with Crippen LogP contribution in [0.1, 0.15) is 92.5 Å². The van der Waals surface area contributed by atoms with Gasteiger partial charge in [0.2, 0.25) is 5.91 Å². The Bertz CT molecular complexity index is 1900. The molecular weight excluding hydrogens is 712 g/mol. The summed E-state index contributed by atoms with van der Waals surface area (Å²) < 4.78 is 25.1. The predicted octanol–water partition coefficient (Wildman–Crippen LogP) is 8.04. The molecule has 0 saturated carbocycles. The lowest BCUT2D eigenvalue weighted by atomic mass is 9.78. The van der Waals surface area contributed by atoms with Crippen molar-refractivity contribution in [3.8, 4) is 0 Å². The quantitative estimate of drug-likeness (QED) is 0.0646. The van der Waals surface area contributed by atoms with Crippen molar-refractivity contribution >= 4 is 23.3 Å². The maximum Gasteiger partial charge on any atom is 0.307 e. The summed E-state index contributed by atoms with van der Waals surface area (Å²) in [5.74, 6) is -2.78. The minimum Gasteiger partial charge on any atom is -0.481 e. The summed E-state index contributed by atoms with van der Waals surface area (Å²) in [6.07, 6.45) is 7.07. The second-order valence-electron chi connectivity index (χ2n) is 15.7. The van der Waals surface area contributed by atoms with Gasteiger partial charge in [0.05, 0.1) is 37.2 Å². The molecular formula is C46H53FN2O7. The number of anilines is 1. The maximum atomic E-state index is 13.8. The van der Waals surface area contributed by atoms with Gasteiger partial charge in [-0.3, -0.25) is 19.4 Å². The fourth-order valence-electron chi connectivity index (χ4n) is 7.72. The molecule has 2 fully saturated rings. The van der Waals surface area contributed by atoms with Gasteiger partial charge in [-0.25, -0.2) is 4.39 Å². The van der Waals surface area contributed by atoms with E-state index in [0.717, 1.165) is 48.2 Å². The van der Waals surface area contributed by atoms with Crippen LogP contribution in [0.25, 0.3) is 0 Å². The average Bonchev–Trinajstić information content (AvgIpc) is 3.18. The Hall–Kier alpha value is -4.77. The number of β-lactam (4-membered cyclic amide) rings is 1. The fourth-order valence-corrected chi connectivity index (χ4v) is 7.72. The third-order valence-corrected chi connectivity index (χ3v) is 11.3. The van der Waals surface area contributed by atoms with Crippen LogP contribution in [0.3, 0.4) is 0 Å². The Morgan fingerprint density at radius 3 is 2.23 bits per heavy atom. The molecule has 2 aliphatic rings. The van der Waals surface area contributed by atoms with Crippen LogP contribution in [0.2, 0.25) is 0 Å². The minimum absolute atomic E-state index is 0.00943. The van der Waals surface area contributed by atoms with Crippen LogP contribution in [-0.2, 0) is 43.1 Å². The lowest BCUT2D eigenvalue weighted by Gasteiger charge is -2.48. The third-order valence-electron chi connectivity index (χ3n) is 11.3. The molecule has 1 amide bonds. The number of rotatable bonds is 21. The molecule has 0 unspecified atom stereocenters. The number of carboxylic acids is 1. The van der Waals surface area contributed by atoms with Crippen LogP contribution >= 0.6 is 0 Å². The molecule has 3 aromatic carbocycles. The normalized spacial score (nSPS) is 18.6. The molecule has 1 aromatic heterocycles. The first-order chi connectivity index (χ1) is 27.0. The van der Waals surface area contributed by atoms with Crippen LogP contribution in [0.15, 0.2) is 97.2 Å². The highest BCUT2D eigenvalue weighted by Crippen LogP contribution is 2.46. The van der Waals surface area contributed by atoms with E-state index in [9.17, 15) is 29.0 Å². The van der Waals surface area contributed by atoms with Crippen molar-refractivity contribution in [2.75, 3.05) is 24.7 Å². The molecule has 0 radical (unpaired) electrons. The van der Waals surface area contributed by atoms with Gasteiger partial charge in [0.25, 0.3) is 0 Å². The molecule has 3 heterocycles. The minimum atomic E-state index is -0.973. The van der Waals surface area contributed by atoms with E-state index in [2.05, 4.69) is 47.4 Å². The molecule has 296 valence electrons. The van der Waals surface area contributed by atoms with Crippen molar-refractivity contribution in [2.24, 2.45) is 17.8 Å². The Morgan fingerprint density at radius 2 is 1.61 bits per heavy atom. The van der Waals surface area contributed by atoms with Crippen molar-refractivity contribution in [3.05, 3.63) is 131 Å². The number of amides is 1. The molecule has 2 N–H and O–H groups in total.